The quantitative estimate of drug-likeness (QED) is 0.195. The number of nitrogens with zero attached hydrogens (tertiary/aromatic N) is 2. The molecule has 0 unspecified atom stereocenters. The summed E-state index contributed by atoms with van der Waals surface area (Å²) in [7, 11) is -4.10. The maximum absolute atomic E-state index is 13.9. The molecule has 0 saturated heterocycles. The lowest BCUT2D eigenvalue weighted by Crippen LogP contribution is -2.51. The number of anilines is 1. The molecule has 214 valence electrons. The van der Waals surface area contributed by atoms with Crippen LogP contribution in [0.1, 0.15) is 37.8 Å². The van der Waals surface area contributed by atoms with Crippen molar-refractivity contribution in [3.63, 3.8) is 0 Å². The minimum Gasteiger partial charge on any atom is -0.354 e. The smallest absolute Gasteiger partial charge is 0.264 e. The van der Waals surface area contributed by atoms with E-state index in [4.69, 9.17) is 11.6 Å². The number of unbranched alkanes of at least 4 members (excludes halogenated alkanes) is 1. The van der Waals surface area contributed by atoms with E-state index in [1.807, 2.05) is 20.1 Å². The van der Waals surface area contributed by atoms with E-state index in [1.165, 1.54) is 16.7 Å². The number of nitrogens with one attached hydrogen (secondary N) is 1. The number of thioether (sulfide) groups is 1. The Labute approximate surface area is 247 Å². The van der Waals surface area contributed by atoms with Gasteiger partial charge >= 0.3 is 0 Å². The van der Waals surface area contributed by atoms with Crippen LogP contribution in [0.3, 0.4) is 0 Å². The van der Waals surface area contributed by atoms with Crippen LogP contribution in [0.4, 0.5) is 5.69 Å². The van der Waals surface area contributed by atoms with Gasteiger partial charge in [-0.1, -0.05) is 54.8 Å². The zero-order chi connectivity index (χ0) is 29.3. The summed E-state index contributed by atoms with van der Waals surface area (Å²) in [5.74, 6) is -0.800. The first-order valence-corrected chi connectivity index (χ1v) is 16.2. The summed E-state index contributed by atoms with van der Waals surface area (Å²) < 4.78 is 28.9. The third kappa shape index (κ3) is 8.25. The second-order valence-electron chi connectivity index (χ2n) is 9.49. The number of halogens is 1. The lowest BCUT2D eigenvalue weighted by atomic mass is 10.1. The van der Waals surface area contributed by atoms with Crippen molar-refractivity contribution in [3.8, 4) is 0 Å². The predicted octanol–water partition coefficient (Wildman–Crippen LogP) is 5.90. The van der Waals surface area contributed by atoms with Gasteiger partial charge in [-0.2, -0.15) is 0 Å². The van der Waals surface area contributed by atoms with Gasteiger partial charge in [0.2, 0.25) is 11.8 Å². The van der Waals surface area contributed by atoms with Gasteiger partial charge in [-0.05, 0) is 80.6 Å². The highest BCUT2D eigenvalue weighted by Crippen LogP contribution is 2.26. The normalized spacial score (nSPS) is 12.0. The minimum atomic E-state index is -4.10. The van der Waals surface area contributed by atoms with Crippen LogP contribution in [0.2, 0.25) is 5.02 Å². The molecule has 7 nitrogen and oxygen atoms in total. The van der Waals surface area contributed by atoms with Crippen LogP contribution in [0, 0.1) is 6.92 Å². The Hall–Kier alpha value is -3.01. The van der Waals surface area contributed by atoms with Crippen LogP contribution in [0.25, 0.3) is 0 Å². The van der Waals surface area contributed by atoms with E-state index in [9.17, 15) is 18.0 Å². The first-order chi connectivity index (χ1) is 19.1. The van der Waals surface area contributed by atoms with Gasteiger partial charge < -0.3 is 10.2 Å². The van der Waals surface area contributed by atoms with Crippen molar-refractivity contribution in [2.24, 2.45) is 0 Å². The standard InChI is InChI=1S/C30H36ClN3O4S2/c1-5-6-19-32-30(36)23(3)33(20-24-9-11-25(31)12-10-24)29(35)21-34(26-13-7-22(2)8-14-26)40(37,38)28-17-15-27(39-4)16-18-28/h7-18,23H,5-6,19-21H2,1-4H3,(H,32,36)/t23-/m1/s1. The number of hydrogen-bond donors (Lipinski definition) is 1. The maximum atomic E-state index is 13.9. The van der Waals surface area contributed by atoms with Crippen molar-refractivity contribution in [2.75, 3.05) is 23.7 Å². The molecule has 0 spiro atoms. The van der Waals surface area contributed by atoms with Crippen molar-refractivity contribution in [2.45, 2.75) is 56.0 Å². The second kappa shape index (κ2) is 14.6. The molecule has 0 heterocycles. The molecule has 1 N–H and O–H groups in total. The lowest BCUT2D eigenvalue weighted by Gasteiger charge is -2.32. The topological polar surface area (TPSA) is 86.8 Å². The van der Waals surface area contributed by atoms with Gasteiger partial charge in [-0.15, -0.1) is 11.8 Å². The van der Waals surface area contributed by atoms with Crippen molar-refractivity contribution in [3.05, 3.63) is 88.9 Å². The molecule has 3 rings (SSSR count). The Balaban J connectivity index is 1.99. The molecule has 0 saturated carbocycles. The van der Waals surface area contributed by atoms with Gasteiger partial charge in [0, 0.05) is 23.0 Å². The second-order valence-corrected chi connectivity index (χ2v) is 12.7. The molecule has 1 atom stereocenters. The molecule has 0 aliphatic carbocycles. The highest BCUT2D eigenvalue weighted by atomic mass is 35.5. The predicted molar refractivity (Wildman–Crippen MR) is 163 cm³/mol. The molecule has 0 bridgehead atoms. The molecule has 10 heteroatoms. The maximum Gasteiger partial charge on any atom is 0.264 e. The van der Waals surface area contributed by atoms with E-state index < -0.39 is 28.5 Å². The average molecular weight is 602 g/mol. The molecule has 3 aromatic carbocycles. The Morgan fingerprint density at radius 3 is 2.17 bits per heavy atom. The molecule has 0 aliphatic rings. The number of carbonyl (C=O) groups excluding carboxylic acids is 2. The molecular formula is C30H36ClN3O4S2. The third-order valence-corrected chi connectivity index (χ3v) is 9.29. The molecule has 0 aromatic heterocycles. The van der Waals surface area contributed by atoms with E-state index in [1.54, 1.807) is 79.7 Å². The summed E-state index contributed by atoms with van der Waals surface area (Å²) in [5, 5.41) is 3.44. The van der Waals surface area contributed by atoms with Crippen molar-refractivity contribution in [1.82, 2.24) is 10.2 Å². The number of carbonyl (C=O) groups is 2. The molecular weight excluding hydrogens is 566 g/mol. The van der Waals surface area contributed by atoms with Crippen LogP contribution in [0.15, 0.2) is 82.6 Å². The van der Waals surface area contributed by atoms with Crippen molar-refractivity contribution in [1.29, 1.82) is 0 Å². The van der Waals surface area contributed by atoms with Gasteiger partial charge in [0.1, 0.15) is 12.6 Å². The Bertz CT molecular complexity index is 1380. The van der Waals surface area contributed by atoms with Crippen LogP contribution in [-0.4, -0.2) is 50.5 Å². The first-order valence-electron chi connectivity index (χ1n) is 13.1. The van der Waals surface area contributed by atoms with Gasteiger partial charge in [0.15, 0.2) is 0 Å². The zero-order valence-electron chi connectivity index (χ0n) is 23.3. The van der Waals surface area contributed by atoms with E-state index in [-0.39, 0.29) is 17.3 Å². The van der Waals surface area contributed by atoms with Crippen LogP contribution < -0.4 is 9.62 Å². The summed E-state index contributed by atoms with van der Waals surface area (Å²) >= 11 is 7.56. The van der Waals surface area contributed by atoms with Crippen molar-refractivity contribution >= 4 is 50.9 Å². The van der Waals surface area contributed by atoms with E-state index in [0.29, 0.717) is 17.3 Å². The van der Waals surface area contributed by atoms with E-state index in [0.717, 1.165) is 33.2 Å². The first kappa shape index (κ1) is 31.5. The van der Waals surface area contributed by atoms with Crippen LogP contribution in [-0.2, 0) is 26.2 Å². The summed E-state index contributed by atoms with van der Waals surface area (Å²) in [6.45, 7) is 5.72. The number of aryl methyl sites for hydroxylation is 1. The highest BCUT2D eigenvalue weighted by Gasteiger charge is 2.32. The summed E-state index contributed by atoms with van der Waals surface area (Å²) in [4.78, 5) is 29.4. The number of hydrogen-bond acceptors (Lipinski definition) is 5. The largest absolute Gasteiger partial charge is 0.354 e. The summed E-state index contributed by atoms with van der Waals surface area (Å²) in [6.07, 6.45) is 3.65. The molecule has 2 amide bonds. The molecule has 0 fully saturated rings. The molecule has 0 aliphatic heterocycles. The number of sulfonamides is 1. The highest BCUT2D eigenvalue weighted by molar-refractivity contribution is 7.98. The molecule has 40 heavy (non-hydrogen) atoms. The molecule has 3 aromatic rings. The Morgan fingerprint density at radius 1 is 0.975 bits per heavy atom. The van der Waals surface area contributed by atoms with Gasteiger partial charge in [0.25, 0.3) is 10.0 Å². The Kier molecular flexibility index (Phi) is 11.5. The number of benzene rings is 3. The fourth-order valence-corrected chi connectivity index (χ4v) is 5.97. The monoisotopic (exact) mass is 601 g/mol. The number of amides is 2. The average Bonchev–Trinajstić information content (AvgIpc) is 2.95. The van der Waals surface area contributed by atoms with Gasteiger partial charge in [-0.3, -0.25) is 13.9 Å². The fourth-order valence-electron chi connectivity index (χ4n) is 4.02. The summed E-state index contributed by atoms with van der Waals surface area (Å²) in [6, 6.07) is 19.7. The Morgan fingerprint density at radius 2 is 1.60 bits per heavy atom. The fraction of sp³-hybridized carbons (Fsp3) is 0.333. The minimum absolute atomic E-state index is 0.0771. The van der Waals surface area contributed by atoms with Gasteiger partial charge in [0.05, 0.1) is 10.6 Å². The van der Waals surface area contributed by atoms with Crippen molar-refractivity contribution < 1.29 is 18.0 Å². The zero-order valence-corrected chi connectivity index (χ0v) is 25.7. The number of rotatable bonds is 13. The SMILES string of the molecule is CCCCNC(=O)[C@@H](C)N(Cc1ccc(Cl)cc1)C(=O)CN(c1ccc(C)cc1)S(=O)(=O)c1ccc(SC)cc1. The third-order valence-electron chi connectivity index (χ3n) is 6.51. The van der Waals surface area contributed by atoms with Crippen LogP contribution >= 0.6 is 23.4 Å². The van der Waals surface area contributed by atoms with Gasteiger partial charge in [-0.25, -0.2) is 8.42 Å². The van der Waals surface area contributed by atoms with E-state index >= 15 is 0 Å². The van der Waals surface area contributed by atoms with E-state index in [2.05, 4.69) is 5.32 Å². The lowest BCUT2D eigenvalue weighted by molar-refractivity contribution is -0.139. The van der Waals surface area contributed by atoms with Crippen LogP contribution in [0.5, 0.6) is 0 Å². The molecule has 0 radical (unpaired) electrons. The summed E-state index contributed by atoms with van der Waals surface area (Å²) in [5.41, 5.74) is 2.08.